The number of rotatable bonds is 2. The van der Waals surface area contributed by atoms with Gasteiger partial charge in [0.05, 0.1) is 6.57 Å². The van der Waals surface area contributed by atoms with Crippen molar-refractivity contribution in [1.29, 1.82) is 0 Å². The number of likely N-dealkylation sites (tertiary alicyclic amines) is 1. The second-order valence-corrected chi connectivity index (χ2v) is 6.49. The number of nitrogens with zero attached hydrogens (tertiary/aromatic N) is 2. The lowest BCUT2D eigenvalue weighted by Gasteiger charge is -2.23. The minimum absolute atomic E-state index is 0.658. The molecule has 1 saturated carbocycles. The zero-order chi connectivity index (χ0) is 14.2. The smallest absolute Gasteiger partial charge is 0.187 e. The van der Waals surface area contributed by atoms with Crippen LogP contribution >= 0.6 is 0 Å². The van der Waals surface area contributed by atoms with E-state index in [9.17, 15) is 0 Å². The third-order valence-electron chi connectivity index (χ3n) is 5.33. The molecular weight excluding hydrogens is 258 g/mol. The molecule has 2 fully saturated rings. The average Bonchev–Trinajstić information content (AvgIpc) is 3.24. The van der Waals surface area contributed by atoms with Gasteiger partial charge in [-0.2, -0.15) is 0 Å². The third-order valence-corrected chi connectivity index (χ3v) is 5.33. The average molecular weight is 279 g/mol. The lowest BCUT2D eigenvalue weighted by Crippen LogP contribution is -2.30. The molecule has 3 nitrogen and oxygen atoms in total. The van der Waals surface area contributed by atoms with Gasteiger partial charge in [-0.1, -0.05) is 6.07 Å². The first-order valence-electron chi connectivity index (χ1n) is 8.07. The summed E-state index contributed by atoms with van der Waals surface area (Å²) in [6.45, 7) is 9.80. The number of H-pyrrole nitrogens is 1. The number of hydrogen-bond donors (Lipinski definition) is 1. The fourth-order valence-electron chi connectivity index (χ4n) is 4.22. The molecule has 0 bridgehead atoms. The van der Waals surface area contributed by atoms with Crippen LogP contribution in [0.3, 0.4) is 0 Å². The zero-order valence-corrected chi connectivity index (χ0v) is 12.3. The van der Waals surface area contributed by atoms with E-state index in [2.05, 4.69) is 27.0 Å². The van der Waals surface area contributed by atoms with Crippen LogP contribution in [0.15, 0.2) is 24.4 Å². The summed E-state index contributed by atoms with van der Waals surface area (Å²) < 4.78 is 0. The molecule has 1 saturated heterocycles. The molecule has 2 atom stereocenters. The van der Waals surface area contributed by atoms with Crippen molar-refractivity contribution in [2.45, 2.75) is 44.1 Å². The first-order chi connectivity index (χ1) is 10.3. The Hall–Kier alpha value is -1.79. The van der Waals surface area contributed by atoms with E-state index in [0.717, 1.165) is 11.7 Å². The predicted octanol–water partition coefficient (Wildman–Crippen LogP) is 4.45. The summed E-state index contributed by atoms with van der Waals surface area (Å²) in [5.74, 6) is 0.658. The van der Waals surface area contributed by atoms with Crippen molar-refractivity contribution in [1.82, 2.24) is 9.88 Å². The van der Waals surface area contributed by atoms with Crippen molar-refractivity contribution in [3.05, 3.63) is 41.4 Å². The molecule has 1 aliphatic carbocycles. The molecule has 0 spiro atoms. The largest absolute Gasteiger partial charge is 0.361 e. The first kappa shape index (κ1) is 12.9. The number of hydrogen-bond acceptors (Lipinski definition) is 1. The maximum absolute atomic E-state index is 7.21. The van der Waals surface area contributed by atoms with Crippen molar-refractivity contribution in [3.63, 3.8) is 0 Å². The van der Waals surface area contributed by atoms with Crippen LogP contribution in [0.5, 0.6) is 0 Å². The predicted molar refractivity (Wildman–Crippen MR) is 85.7 cm³/mol. The number of benzene rings is 1. The Labute approximate surface area is 125 Å². The second kappa shape index (κ2) is 5.20. The molecule has 0 amide bonds. The van der Waals surface area contributed by atoms with Gasteiger partial charge in [0.15, 0.2) is 5.69 Å². The van der Waals surface area contributed by atoms with Gasteiger partial charge in [-0.25, -0.2) is 4.85 Å². The van der Waals surface area contributed by atoms with Gasteiger partial charge < -0.3 is 9.88 Å². The molecule has 2 unspecified atom stereocenters. The maximum atomic E-state index is 7.21. The molecule has 0 radical (unpaired) electrons. The molecule has 4 rings (SSSR count). The highest BCUT2D eigenvalue weighted by Crippen LogP contribution is 2.41. The van der Waals surface area contributed by atoms with E-state index in [1.165, 1.54) is 61.7 Å². The molecule has 1 N–H and O–H groups in total. The van der Waals surface area contributed by atoms with Crippen LogP contribution in [-0.4, -0.2) is 29.0 Å². The van der Waals surface area contributed by atoms with E-state index in [-0.39, 0.29) is 0 Å². The molecule has 1 aliphatic heterocycles. The summed E-state index contributed by atoms with van der Waals surface area (Å²) in [7, 11) is 0. The van der Waals surface area contributed by atoms with Gasteiger partial charge >= 0.3 is 0 Å². The van der Waals surface area contributed by atoms with Crippen LogP contribution < -0.4 is 0 Å². The first-order valence-corrected chi connectivity index (χ1v) is 8.07. The summed E-state index contributed by atoms with van der Waals surface area (Å²) in [5.41, 5.74) is 3.34. The van der Waals surface area contributed by atoms with Crippen LogP contribution in [0.4, 0.5) is 5.69 Å². The Bertz CT molecular complexity index is 688. The number of aromatic nitrogens is 1. The van der Waals surface area contributed by atoms with Crippen molar-refractivity contribution in [2.75, 3.05) is 13.1 Å². The van der Waals surface area contributed by atoms with Crippen molar-refractivity contribution >= 4 is 16.6 Å². The van der Waals surface area contributed by atoms with Gasteiger partial charge in [-0.15, -0.1) is 0 Å². The standard InChI is InChI=1S/C18H21N3/c1-19-14-5-7-18-16(11-14)17(12-20-18)13-4-6-15(10-13)21-8-2-3-9-21/h5,7,11-13,15,20H,2-4,6,8-10H2. The van der Waals surface area contributed by atoms with Crippen LogP contribution in [0, 0.1) is 6.57 Å². The number of fused-ring (bicyclic) bond motifs is 1. The van der Waals surface area contributed by atoms with Gasteiger partial charge in [0.25, 0.3) is 0 Å². The second-order valence-electron chi connectivity index (χ2n) is 6.49. The molecule has 1 aromatic carbocycles. The lowest BCUT2D eigenvalue weighted by molar-refractivity contribution is 0.245. The highest BCUT2D eigenvalue weighted by molar-refractivity contribution is 5.87. The van der Waals surface area contributed by atoms with E-state index in [1.807, 2.05) is 12.1 Å². The Kier molecular flexibility index (Phi) is 3.20. The van der Waals surface area contributed by atoms with Gasteiger partial charge in [0.1, 0.15) is 0 Å². The molecule has 1 aromatic heterocycles. The topological polar surface area (TPSA) is 23.4 Å². The molecule has 3 heteroatoms. The highest BCUT2D eigenvalue weighted by Gasteiger charge is 2.32. The Balaban J connectivity index is 1.60. The fourth-order valence-corrected chi connectivity index (χ4v) is 4.22. The van der Waals surface area contributed by atoms with Crippen molar-refractivity contribution < 1.29 is 0 Å². The highest BCUT2D eigenvalue weighted by atomic mass is 15.2. The molecule has 2 aliphatic rings. The minimum atomic E-state index is 0.658. The Morgan fingerprint density at radius 3 is 2.86 bits per heavy atom. The minimum Gasteiger partial charge on any atom is -0.361 e. The summed E-state index contributed by atoms with van der Waals surface area (Å²) >= 11 is 0. The number of aromatic amines is 1. The molecule has 2 heterocycles. The van der Waals surface area contributed by atoms with Crippen molar-refractivity contribution in [3.8, 4) is 0 Å². The normalized spacial score (nSPS) is 26.4. The van der Waals surface area contributed by atoms with E-state index < -0.39 is 0 Å². The lowest BCUT2D eigenvalue weighted by atomic mass is 9.96. The maximum Gasteiger partial charge on any atom is 0.187 e. The van der Waals surface area contributed by atoms with Crippen LogP contribution in [0.1, 0.15) is 43.6 Å². The van der Waals surface area contributed by atoms with Crippen LogP contribution in [0.2, 0.25) is 0 Å². The Morgan fingerprint density at radius 2 is 2.05 bits per heavy atom. The van der Waals surface area contributed by atoms with Gasteiger partial charge in [0, 0.05) is 17.8 Å². The quantitative estimate of drug-likeness (QED) is 0.807. The molecule has 2 aromatic rings. The van der Waals surface area contributed by atoms with Crippen molar-refractivity contribution in [2.24, 2.45) is 0 Å². The Morgan fingerprint density at radius 1 is 1.19 bits per heavy atom. The SMILES string of the molecule is [C-]#[N+]c1ccc2[nH]cc(C3CCC(N4CCCC4)C3)c2c1. The summed E-state index contributed by atoms with van der Waals surface area (Å²) in [5, 5.41) is 1.26. The third kappa shape index (κ3) is 2.24. The summed E-state index contributed by atoms with van der Waals surface area (Å²) in [4.78, 5) is 9.65. The fraction of sp³-hybridized carbons (Fsp3) is 0.500. The monoisotopic (exact) mass is 279 g/mol. The molecule has 108 valence electrons. The van der Waals surface area contributed by atoms with Gasteiger partial charge in [-0.3, -0.25) is 0 Å². The van der Waals surface area contributed by atoms with Gasteiger partial charge in [0.2, 0.25) is 0 Å². The van der Waals surface area contributed by atoms with E-state index >= 15 is 0 Å². The zero-order valence-electron chi connectivity index (χ0n) is 12.3. The molecular formula is C18H21N3. The van der Waals surface area contributed by atoms with E-state index in [4.69, 9.17) is 6.57 Å². The molecule has 21 heavy (non-hydrogen) atoms. The van der Waals surface area contributed by atoms with Crippen LogP contribution in [0.25, 0.3) is 15.7 Å². The number of nitrogens with one attached hydrogen (secondary N) is 1. The van der Waals surface area contributed by atoms with Gasteiger partial charge in [-0.05, 0) is 74.2 Å². The van der Waals surface area contributed by atoms with E-state index in [1.54, 1.807) is 0 Å². The summed E-state index contributed by atoms with van der Waals surface area (Å²) in [6, 6.07) is 6.78. The van der Waals surface area contributed by atoms with E-state index in [0.29, 0.717) is 5.92 Å². The summed E-state index contributed by atoms with van der Waals surface area (Å²) in [6.07, 6.45) is 8.84. The van der Waals surface area contributed by atoms with Crippen LogP contribution in [-0.2, 0) is 0 Å².